The number of hydrogen-bond acceptors (Lipinski definition) is 4. The van der Waals surface area contributed by atoms with Gasteiger partial charge in [0.05, 0.1) is 29.9 Å². The summed E-state index contributed by atoms with van der Waals surface area (Å²) in [5, 5.41) is 13.0. The Bertz CT molecular complexity index is 637. The number of hydrogen-bond donors (Lipinski definition) is 2. The number of para-hydroxylation sites is 1. The van der Waals surface area contributed by atoms with Crippen LogP contribution in [0.4, 0.5) is 0 Å². The van der Waals surface area contributed by atoms with E-state index in [4.69, 9.17) is 37.8 Å². The van der Waals surface area contributed by atoms with Crippen molar-refractivity contribution in [2.24, 2.45) is 0 Å². The van der Waals surface area contributed by atoms with E-state index in [-0.39, 0.29) is 6.61 Å². The molecule has 2 aromatic carbocycles. The first-order chi connectivity index (χ1) is 11.7. The summed E-state index contributed by atoms with van der Waals surface area (Å²) in [6, 6.07) is 13.4. The summed E-state index contributed by atoms with van der Waals surface area (Å²) in [5.41, 5.74) is 2.03. The SMILES string of the molecule is OCCOCCNCc1ccccc1OCc1ccc(Cl)c(Cl)c1. The number of halogens is 2. The number of aliphatic hydroxyl groups excluding tert-OH is 1. The Kier molecular flexibility index (Phi) is 8.36. The molecule has 130 valence electrons. The highest BCUT2D eigenvalue weighted by atomic mass is 35.5. The van der Waals surface area contributed by atoms with Crippen LogP contribution in [0.3, 0.4) is 0 Å². The lowest BCUT2D eigenvalue weighted by atomic mass is 10.2. The van der Waals surface area contributed by atoms with Crippen LogP contribution < -0.4 is 10.1 Å². The van der Waals surface area contributed by atoms with Crippen molar-refractivity contribution in [1.82, 2.24) is 5.32 Å². The molecule has 0 fully saturated rings. The smallest absolute Gasteiger partial charge is 0.124 e. The van der Waals surface area contributed by atoms with Crippen LogP contribution in [0.2, 0.25) is 10.0 Å². The highest BCUT2D eigenvalue weighted by Gasteiger charge is 2.05. The molecule has 0 saturated heterocycles. The predicted molar refractivity (Wildman–Crippen MR) is 96.8 cm³/mol. The molecule has 0 spiro atoms. The molecular formula is C18H21Cl2NO3. The van der Waals surface area contributed by atoms with E-state index in [9.17, 15) is 0 Å². The summed E-state index contributed by atoms with van der Waals surface area (Å²) in [5.74, 6) is 0.826. The van der Waals surface area contributed by atoms with E-state index in [1.54, 1.807) is 6.07 Å². The molecule has 0 unspecified atom stereocenters. The molecule has 0 heterocycles. The van der Waals surface area contributed by atoms with Gasteiger partial charge >= 0.3 is 0 Å². The molecule has 0 amide bonds. The molecule has 0 aliphatic rings. The van der Waals surface area contributed by atoms with Gasteiger partial charge in [0.15, 0.2) is 0 Å². The third-order valence-electron chi connectivity index (χ3n) is 3.33. The Hall–Kier alpha value is -1.30. The normalized spacial score (nSPS) is 10.8. The highest BCUT2D eigenvalue weighted by Crippen LogP contribution is 2.24. The summed E-state index contributed by atoms with van der Waals surface area (Å²) < 4.78 is 11.1. The fourth-order valence-corrected chi connectivity index (χ4v) is 2.44. The van der Waals surface area contributed by atoms with Crippen LogP contribution in [0, 0.1) is 0 Å². The lowest BCUT2D eigenvalue weighted by Crippen LogP contribution is -2.20. The fourth-order valence-electron chi connectivity index (χ4n) is 2.12. The number of nitrogens with one attached hydrogen (secondary N) is 1. The Morgan fingerprint density at radius 3 is 2.62 bits per heavy atom. The molecule has 0 atom stereocenters. The molecule has 6 heteroatoms. The predicted octanol–water partition coefficient (Wildman–Crippen LogP) is 3.67. The van der Waals surface area contributed by atoms with Gasteiger partial charge in [-0.3, -0.25) is 0 Å². The van der Waals surface area contributed by atoms with Crippen LogP contribution in [0.5, 0.6) is 5.75 Å². The van der Waals surface area contributed by atoms with Gasteiger partial charge in [0.1, 0.15) is 12.4 Å². The van der Waals surface area contributed by atoms with Crippen molar-refractivity contribution in [2.75, 3.05) is 26.4 Å². The fraction of sp³-hybridized carbons (Fsp3) is 0.333. The molecule has 0 saturated carbocycles. The number of benzene rings is 2. The van der Waals surface area contributed by atoms with E-state index in [1.165, 1.54) is 0 Å². The van der Waals surface area contributed by atoms with Crippen LogP contribution in [0.1, 0.15) is 11.1 Å². The lowest BCUT2D eigenvalue weighted by molar-refractivity contribution is 0.0937. The number of aliphatic hydroxyl groups is 1. The highest BCUT2D eigenvalue weighted by molar-refractivity contribution is 6.42. The third-order valence-corrected chi connectivity index (χ3v) is 4.06. The molecular weight excluding hydrogens is 349 g/mol. The molecule has 24 heavy (non-hydrogen) atoms. The summed E-state index contributed by atoms with van der Waals surface area (Å²) >= 11 is 11.9. The van der Waals surface area contributed by atoms with Gasteiger partial charge in [0.2, 0.25) is 0 Å². The maximum atomic E-state index is 8.64. The molecule has 4 nitrogen and oxygen atoms in total. The van der Waals surface area contributed by atoms with E-state index in [0.29, 0.717) is 43.0 Å². The van der Waals surface area contributed by atoms with Crippen molar-refractivity contribution in [3.8, 4) is 5.75 Å². The second kappa shape index (κ2) is 10.5. The van der Waals surface area contributed by atoms with E-state index < -0.39 is 0 Å². The second-order valence-electron chi connectivity index (χ2n) is 5.16. The molecule has 0 bridgehead atoms. The van der Waals surface area contributed by atoms with Crippen molar-refractivity contribution in [3.05, 3.63) is 63.6 Å². The minimum Gasteiger partial charge on any atom is -0.489 e. The monoisotopic (exact) mass is 369 g/mol. The third kappa shape index (κ3) is 6.30. The van der Waals surface area contributed by atoms with Gasteiger partial charge in [0.25, 0.3) is 0 Å². The van der Waals surface area contributed by atoms with Gasteiger partial charge in [-0.15, -0.1) is 0 Å². The zero-order valence-corrected chi connectivity index (χ0v) is 14.8. The molecule has 0 radical (unpaired) electrons. The quantitative estimate of drug-likeness (QED) is 0.627. The van der Waals surface area contributed by atoms with Crippen molar-refractivity contribution in [2.45, 2.75) is 13.2 Å². The van der Waals surface area contributed by atoms with Crippen LogP contribution in [-0.4, -0.2) is 31.5 Å². The van der Waals surface area contributed by atoms with Gasteiger partial charge in [-0.25, -0.2) is 0 Å². The van der Waals surface area contributed by atoms with Crippen LogP contribution >= 0.6 is 23.2 Å². The Morgan fingerprint density at radius 1 is 1.00 bits per heavy atom. The molecule has 0 aliphatic heterocycles. The van der Waals surface area contributed by atoms with Crippen molar-refractivity contribution < 1.29 is 14.6 Å². The van der Waals surface area contributed by atoms with Crippen LogP contribution in [0.15, 0.2) is 42.5 Å². The molecule has 0 aromatic heterocycles. The Morgan fingerprint density at radius 2 is 1.83 bits per heavy atom. The second-order valence-corrected chi connectivity index (χ2v) is 5.97. The zero-order chi connectivity index (χ0) is 17.2. The van der Waals surface area contributed by atoms with E-state index >= 15 is 0 Å². The zero-order valence-electron chi connectivity index (χ0n) is 13.3. The van der Waals surface area contributed by atoms with Gasteiger partial charge in [-0.05, 0) is 23.8 Å². The topological polar surface area (TPSA) is 50.7 Å². The van der Waals surface area contributed by atoms with E-state index in [1.807, 2.05) is 36.4 Å². The number of ether oxygens (including phenoxy) is 2. The van der Waals surface area contributed by atoms with Crippen molar-refractivity contribution in [3.63, 3.8) is 0 Å². The number of rotatable bonds is 10. The summed E-state index contributed by atoms with van der Waals surface area (Å²) in [7, 11) is 0. The lowest BCUT2D eigenvalue weighted by Gasteiger charge is -2.13. The molecule has 2 rings (SSSR count). The van der Waals surface area contributed by atoms with Crippen LogP contribution in [0.25, 0.3) is 0 Å². The van der Waals surface area contributed by atoms with Gasteiger partial charge in [-0.1, -0.05) is 47.5 Å². The Balaban J connectivity index is 1.85. The average molecular weight is 370 g/mol. The molecule has 0 aliphatic carbocycles. The Labute approximate surface area is 152 Å². The van der Waals surface area contributed by atoms with Crippen molar-refractivity contribution >= 4 is 23.2 Å². The summed E-state index contributed by atoms with van der Waals surface area (Å²) in [6.07, 6.45) is 0. The first-order valence-corrected chi connectivity index (χ1v) is 8.50. The minimum absolute atomic E-state index is 0.0470. The van der Waals surface area contributed by atoms with E-state index in [2.05, 4.69) is 5.32 Å². The maximum Gasteiger partial charge on any atom is 0.124 e. The van der Waals surface area contributed by atoms with Gasteiger partial charge in [-0.2, -0.15) is 0 Å². The first kappa shape index (κ1) is 19.0. The minimum atomic E-state index is 0.0470. The van der Waals surface area contributed by atoms with Gasteiger partial charge < -0.3 is 19.9 Å². The first-order valence-electron chi connectivity index (χ1n) is 7.74. The van der Waals surface area contributed by atoms with E-state index in [0.717, 1.165) is 16.9 Å². The van der Waals surface area contributed by atoms with Gasteiger partial charge in [0, 0.05) is 18.7 Å². The molecule has 2 N–H and O–H groups in total. The maximum absolute atomic E-state index is 8.64. The standard InChI is InChI=1S/C18H21Cl2NO3/c19-16-6-5-14(11-17(16)20)13-24-18-4-2-1-3-15(18)12-21-7-9-23-10-8-22/h1-6,11,21-22H,7-10,12-13H2. The molecule has 2 aromatic rings. The van der Waals surface area contributed by atoms with Crippen molar-refractivity contribution in [1.29, 1.82) is 0 Å². The van der Waals surface area contributed by atoms with Crippen LogP contribution in [-0.2, 0) is 17.9 Å². The summed E-state index contributed by atoms with van der Waals surface area (Å²) in [6.45, 7) is 2.79. The summed E-state index contributed by atoms with van der Waals surface area (Å²) in [4.78, 5) is 0. The largest absolute Gasteiger partial charge is 0.489 e. The average Bonchev–Trinajstić information content (AvgIpc) is 2.60.